The molecule has 0 heteroatoms. The molecule has 1 rings (SSSR count). The summed E-state index contributed by atoms with van der Waals surface area (Å²) in [5, 5.41) is 0. The second kappa shape index (κ2) is 8.80. The molecule has 80 valence electrons. The lowest BCUT2D eigenvalue weighted by Gasteiger charge is -2.05. The van der Waals surface area contributed by atoms with Gasteiger partial charge in [-0.25, -0.2) is 0 Å². The maximum Gasteiger partial charge on any atom is -0.0276 e. The Kier molecular flexibility index (Phi) is 8.31. The van der Waals surface area contributed by atoms with Crippen molar-refractivity contribution in [1.29, 1.82) is 0 Å². The Morgan fingerprint density at radius 1 is 0.929 bits per heavy atom. The van der Waals surface area contributed by atoms with Crippen LogP contribution in [0, 0.1) is 0 Å². The van der Waals surface area contributed by atoms with Crippen molar-refractivity contribution in [3.05, 3.63) is 35.4 Å². The molecule has 1 aromatic carbocycles. The van der Waals surface area contributed by atoms with Crippen molar-refractivity contribution < 1.29 is 0 Å². The van der Waals surface area contributed by atoms with Crippen LogP contribution < -0.4 is 0 Å². The Morgan fingerprint density at radius 3 is 2.00 bits per heavy atom. The number of aryl methyl sites for hydroxylation is 2. The van der Waals surface area contributed by atoms with Crippen LogP contribution in [0.15, 0.2) is 24.3 Å². The third-order valence-corrected chi connectivity index (χ3v) is 2.30. The minimum absolute atomic E-state index is 1.17. The molecule has 0 aliphatic rings. The summed E-state index contributed by atoms with van der Waals surface area (Å²) >= 11 is 0. The summed E-state index contributed by atoms with van der Waals surface area (Å²) in [6.45, 7) is 8.47. The van der Waals surface area contributed by atoms with E-state index in [4.69, 9.17) is 0 Å². The summed E-state index contributed by atoms with van der Waals surface area (Å²) in [6.07, 6.45) is 5.02. The lowest BCUT2D eigenvalue weighted by Crippen LogP contribution is -1.91. The van der Waals surface area contributed by atoms with Crippen molar-refractivity contribution in [3.8, 4) is 0 Å². The predicted molar refractivity (Wildman–Crippen MR) is 65.8 cm³/mol. The Balaban J connectivity index is 0.000000791. The molecular formula is C14H24. The number of rotatable bonds is 4. The van der Waals surface area contributed by atoms with Gasteiger partial charge in [-0.15, -0.1) is 0 Å². The zero-order valence-electron chi connectivity index (χ0n) is 10.1. The van der Waals surface area contributed by atoms with Gasteiger partial charge in [-0.1, -0.05) is 58.4 Å². The lowest BCUT2D eigenvalue weighted by atomic mass is 10.0. The highest BCUT2D eigenvalue weighted by atomic mass is 14.0. The van der Waals surface area contributed by atoms with Crippen LogP contribution in [-0.4, -0.2) is 0 Å². The molecule has 0 spiro atoms. The van der Waals surface area contributed by atoms with E-state index in [0.717, 1.165) is 0 Å². The largest absolute Gasteiger partial charge is 0.0683 e. The second-order valence-corrected chi connectivity index (χ2v) is 3.23. The van der Waals surface area contributed by atoms with Gasteiger partial charge in [0.2, 0.25) is 0 Å². The minimum atomic E-state index is 1.17. The molecule has 0 nitrogen and oxygen atoms in total. The normalized spacial score (nSPS) is 9.14. The SMILES string of the molecule is CC.CCCCc1ccccc1CC. The summed E-state index contributed by atoms with van der Waals surface area (Å²) in [4.78, 5) is 0. The fraction of sp³-hybridized carbons (Fsp3) is 0.571. The Bertz CT molecular complexity index is 225. The van der Waals surface area contributed by atoms with Crippen molar-refractivity contribution in [1.82, 2.24) is 0 Å². The first-order valence-corrected chi connectivity index (χ1v) is 5.95. The van der Waals surface area contributed by atoms with E-state index in [9.17, 15) is 0 Å². The molecule has 0 radical (unpaired) electrons. The van der Waals surface area contributed by atoms with Crippen LogP contribution in [0.4, 0.5) is 0 Å². The molecule has 0 saturated heterocycles. The lowest BCUT2D eigenvalue weighted by molar-refractivity contribution is 0.787. The number of hydrogen-bond donors (Lipinski definition) is 0. The highest BCUT2D eigenvalue weighted by Crippen LogP contribution is 2.12. The molecule has 0 aliphatic heterocycles. The molecule has 0 N–H and O–H groups in total. The average molecular weight is 192 g/mol. The van der Waals surface area contributed by atoms with Crippen LogP contribution in [-0.2, 0) is 12.8 Å². The van der Waals surface area contributed by atoms with Crippen LogP contribution in [0.3, 0.4) is 0 Å². The standard InChI is InChI=1S/C12H18.C2H6/c1-3-5-8-12-10-7-6-9-11(12)4-2;1-2/h6-7,9-10H,3-5,8H2,1-2H3;1-2H3. The van der Waals surface area contributed by atoms with Gasteiger partial charge in [0.25, 0.3) is 0 Å². The monoisotopic (exact) mass is 192 g/mol. The summed E-state index contributed by atoms with van der Waals surface area (Å²) in [7, 11) is 0. The van der Waals surface area contributed by atoms with E-state index in [-0.39, 0.29) is 0 Å². The second-order valence-electron chi connectivity index (χ2n) is 3.23. The van der Waals surface area contributed by atoms with Crippen LogP contribution in [0.2, 0.25) is 0 Å². The quantitative estimate of drug-likeness (QED) is 0.653. The van der Waals surface area contributed by atoms with E-state index < -0.39 is 0 Å². The first-order chi connectivity index (χ1) is 6.88. The molecule has 0 aliphatic carbocycles. The molecule has 1 aromatic rings. The zero-order chi connectivity index (χ0) is 10.8. The third kappa shape index (κ3) is 4.45. The Labute approximate surface area is 89.4 Å². The highest BCUT2D eigenvalue weighted by molar-refractivity contribution is 5.26. The molecule has 0 unspecified atom stereocenters. The van der Waals surface area contributed by atoms with E-state index in [2.05, 4.69) is 38.1 Å². The molecule has 0 atom stereocenters. The van der Waals surface area contributed by atoms with Gasteiger partial charge in [0.15, 0.2) is 0 Å². The van der Waals surface area contributed by atoms with Crippen molar-refractivity contribution in [2.75, 3.05) is 0 Å². The van der Waals surface area contributed by atoms with Gasteiger partial charge in [-0.2, -0.15) is 0 Å². The van der Waals surface area contributed by atoms with Gasteiger partial charge in [-0.05, 0) is 30.4 Å². The topological polar surface area (TPSA) is 0 Å². The van der Waals surface area contributed by atoms with Crippen LogP contribution in [0.1, 0.15) is 51.7 Å². The van der Waals surface area contributed by atoms with Gasteiger partial charge in [0, 0.05) is 0 Å². The molecule has 0 aromatic heterocycles. The van der Waals surface area contributed by atoms with E-state index in [1.165, 1.54) is 31.2 Å². The molecule has 0 amide bonds. The maximum atomic E-state index is 2.26. The van der Waals surface area contributed by atoms with Crippen LogP contribution in [0.5, 0.6) is 0 Å². The number of unbranched alkanes of at least 4 members (excludes halogenated alkanes) is 1. The van der Waals surface area contributed by atoms with E-state index in [1.807, 2.05) is 13.8 Å². The van der Waals surface area contributed by atoms with Gasteiger partial charge < -0.3 is 0 Å². The average Bonchev–Trinajstić information content (AvgIpc) is 2.29. The first kappa shape index (κ1) is 13.2. The number of benzene rings is 1. The molecule has 0 bridgehead atoms. The molecule has 14 heavy (non-hydrogen) atoms. The molecule has 0 saturated carbocycles. The Hall–Kier alpha value is -0.780. The smallest absolute Gasteiger partial charge is 0.0276 e. The van der Waals surface area contributed by atoms with Gasteiger partial charge in [0.1, 0.15) is 0 Å². The van der Waals surface area contributed by atoms with E-state index in [0.29, 0.717) is 0 Å². The van der Waals surface area contributed by atoms with Crippen molar-refractivity contribution >= 4 is 0 Å². The van der Waals surface area contributed by atoms with Crippen molar-refractivity contribution in [2.45, 2.75) is 53.4 Å². The number of hydrogen-bond acceptors (Lipinski definition) is 0. The Morgan fingerprint density at radius 2 is 1.50 bits per heavy atom. The fourth-order valence-corrected chi connectivity index (χ4v) is 1.51. The van der Waals surface area contributed by atoms with Crippen LogP contribution >= 0.6 is 0 Å². The summed E-state index contributed by atoms with van der Waals surface area (Å²) in [6, 6.07) is 8.78. The first-order valence-electron chi connectivity index (χ1n) is 5.95. The predicted octanol–water partition coefficient (Wildman–Crippen LogP) is 4.62. The molecule has 0 fully saturated rings. The van der Waals surface area contributed by atoms with E-state index in [1.54, 1.807) is 5.56 Å². The van der Waals surface area contributed by atoms with E-state index >= 15 is 0 Å². The van der Waals surface area contributed by atoms with Crippen molar-refractivity contribution in [3.63, 3.8) is 0 Å². The third-order valence-electron chi connectivity index (χ3n) is 2.30. The highest BCUT2D eigenvalue weighted by Gasteiger charge is 1.97. The molecule has 0 heterocycles. The van der Waals surface area contributed by atoms with Gasteiger partial charge >= 0.3 is 0 Å². The van der Waals surface area contributed by atoms with Gasteiger partial charge in [0.05, 0.1) is 0 Å². The summed E-state index contributed by atoms with van der Waals surface area (Å²) < 4.78 is 0. The van der Waals surface area contributed by atoms with Crippen molar-refractivity contribution in [2.24, 2.45) is 0 Å². The van der Waals surface area contributed by atoms with Crippen LogP contribution in [0.25, 0.3) is 0 Å². The zero-order valence-corrected chi connectivity index (χ0v) is 10.1. The minimum Gasteiger partial charge on any atom is -0.0683 e. The molecular weight excluding hydrogens is 168 g/mol. The fourth-order valence-electron chi connectivity index (χ4n) is 1.51. The maximum absolute atomic E-state index is 2.26. The summed E-state index contributed by atoms with van der Waals surface area (Å²) in [5.74, 6) is 0. The van der Waals surface area contributed by atoms with Gasteiger partial charge in [-0.3, -0.25) is 0 Å². The summed E-state index contributed by atoms with van der Waals surface area (Å²) in [5.41, 5.74) is 3.06.